The number of phenolic OH excluding ortho intramolecular Hbond substituents is 1. The molecule has 0 saturated heterocycles. The molecule has 6 heteroatoms. The molecule has 0 saturated carbocycles. The van der Waals surface area contributed by atoms with Gasteiger partial charge < -0.3 is 20.2 Å². The van der Waals surface area contributed by atoms with Gasteiger partial charge in [-0.3, -0.25) is 9.78 Å². The second kappa shape index (κ2) is 8.92. The van der Waals surface area contributed by atoms with Crippen LogP contribution in [0.2, 0.25) is 0 Å². The van der Waals surface area contributed by atoms with Crippen molar-refractivity contribution >= 4 is 22.5 Å². The molecular formula is C23H28N4O2. The van der Waals surface area contributed by atoms with Gasteiger partial charge >= 0.3 is 0 Å². The number of nitrogens with zero attached hydrogens (tertiary/aromatic N) is 3. The maximum absolute atomic E-state index is 12.8. The third kappa shape index (κ3) is 4.84. The number of amides is 1. The van der Waals surface area contributed by atoms with Gasteiger partial charge in [-0.25, -0.2) is 0 Å². The highest BCUT2D eigenvalue weighted by Gasteiger charge is 2.17. The van der Waals surface area contributed by atoms with Gasteiger partial charge in [-0.1, -0.05) is 18.2 Å². The number of hydrogen-bond acceptors (Lipinski definition) is 5. The summed E-state index contributed by atoms with van der Waals surface area (Å²) in [4.78, 5) is 21.0. The second-order valence-corrected chi connectivity index (χ2v) is 7.61. The summed E-state index contributed by atoms with van der Waals surface area (Å²) in [6.07, 6.45) is 2.61. The van der Waals surface area contributed by atoms with Gasteiger partial charge in [-0.2, -0.15) is 0 Å². The third-order valence-corrected chi connectivity index (χ3v) is 4.79. The van der Waals surface area contributed by atoms with Crippen molar-refractivity contribution in [2.45, 2.75) is 6.42 Å². The Kier molecular flexibility index (Phi) is 6.34. The maximum atomic E-state index is 12.8. The van der Waals surface area contributed by atoms with Crippen LogP contribution in [0.1, 0.15) is 16.8 Å². The number of hydrogen-bond donors (Lipinski definition) is 2. The Labute approximate surface area is 171 Å². The van der Waals surface area contributed by atoms with Crippen LogP contribution in [0.4, 0.5) is 5.69 Å². The van der Waals surface area contributed by atoms with Crippen molar-refractivity contribution in [3.05, 3.63) is 54.2 Å². The number of fused-ring (bicyclic) bond motifs is 1. The summed E-state index contributed by atoms with van der Waals surface area (Å²) in [5.74, 6) is 0.155. The first-order valence-corrected chi connectivity index (χ1v) is 9.69. The van der Waals surface area contributed by atoms with Gasteiger partial charge in [0.05, 0.1) is 16.8 Å². The molecule has 0 atom stereocenters. The highest BCUT2D eigenvalue weighted by Crippen LogP contribution is 2.31. The fourth-order valence-electron chi connectivity index (χ4n) is 3.23. The maximum Gasteiger partial charge on any atom is 0.257 e. The molecule has 0 radical (unpaired) electrons. The lowest BCUT2D eigenvalue weighted by Crippen LogP contribution is -2.24. The molecule has 2 N–H and O–H groups in total. The van der Waals surface area contributed by atoms with Crippen molar-refractivity contribution in [1.82, 2.24) is 14.8 Å². The van der Waals surface area contributed by atoms with E-state index >= 15 is 0 Å². The summed E-state index contributed by atoms with van der Waals surface area (Å²) in [7, 11) is 7.59. The highest BCUT2D eigenvalue weighted by molar-refractivity contribution is 6.07. The van der Waals surface area contributed by atoms with Crippen LogP contribution in [0.3, 0.4) is 0 Å². The molecule has 0 aliphatic heterocycles. The first-order valence-electron chi connectivity index (χ1n) is 9.69. The number of anilines is 1. The van der Waals surface area contributed by atoms with E-state index in [0.29, 0.717) is 5.56 Å². The molecule has 0 spiro atoms. The van der Waals surface area contributed by atoms with Gasteiger partial charge in [0.15, 0.2) is 0 Å². The molecule has 29 heavy (non-hydrogen) atoms. The Bertz CT molecular complexity index is 998. The van der Waals surface area contributed by atoms with Gasteiger partial charge in [-0.15, -0.1) is 0 Å². The summed E-state index contributed by atoms with van der Waals surface area (Å²) in [5, 5.41) is 14.0. The van der Waals surface area contributed by atoms with E-state index in [1.165, 1.54) is 0 Å². The van der Waals surface area contributed by atoms with Gasteiger partial charge in [0.2, 0.25) is 0 Å². The smallest absolute Gasteiger partial charge is 0.257 e. The molecule has 2 aromatic carbocycles. The zero-order valence-corrected chi connectivity index (χ0v) is 17.4. The highest BCUT2D eigenvalue weighted by atomic mass is 16.3. The summed E-state index contributed by atoms with van der Waals surface area (Å²) in [5.41, 5.74) is 4.21. The van der Waals surface area contributed by atoms with E-state index in [1.54, 1.807) is 37.3 Å². The number of carbonyl (C=O) groups excluding carboxylic acids is 1. The van der Waals surface area contributed by atoms with E-state index < -0.39 is 0 Å². The normalized spacial score (nSPS) is 11.1. The number of rotatable bonds is 7. The average molecular weight is 393 g/mol. The molecule has 0 fully saturated rings. The summed E-state index contributed by atoms with van der Waals surface area (Å²) < 4.78 is 0. The van der Waals surface area contributed by atoms with E-state index in [1.807, 2.05) is 38.4 Å². The van der Waals surface area contributed by atoms with E-state index in [0.717, 1.165) is 47.2 Å². The fourth-order valence-corrected chi connectivity index (χ4v) is 3.23. The minimum absolute atomic E-state index is 0.0791. The number of carbonyl (C=O) groups is 1. The Hall–Kier alpha value is -3.12. The van der Waals surface area contributed by atoms with Crippen LogP contribution in [0, 0.1) is 0 Å². The molecule has 3 rings (SSSR count). The van der Waals surface area contributed by atoms with Crippen molar-refractivity contribution in [2.24, 2.45) is 0 Å². The van der Waals surface area contributed by atoms with Crippen molar-refractivity contribution in [1.29, 1.82) is 0 Å². The summed E-state index contributed by atoms with van der Waals surface area (Å²) in [6, 6.07) is 13.1. The van der Waals surface area contributed by atoms with Crippen LogP contribution in [-0.2, 0) is 0 Å². The molecule has 0 unspecified atom stereocenters. The Morgan fingerprint density at radius 3 is 2.38 bits per heavy atom. The van der Waals surface area contributed by atoms with Gasteiger partial charge in [0, 0.05) is 32.2 Å². The van der Waals surface area contributed by atoms with Gasteiger partial charge in [-0.05, 0) is 62.5 Å². The van der Waals surface area contributed by atoms with Crippen molar-refractivity contribution in [3.8, 4) is 16.9 Å². The van der Waals surface area contributed by atoms with E-state index in [-0.39, 0.29) is 11.7 Å². The predicted molar refractivity (Wildman–Crippen MR) is 119 cm³/mol. The predicted octanol–water partition coefficient (Wildman–Crippen LogP) is 3.67. The number of aromatic nitrogens is 1. The van der Waals surface area contributed by atoms with Crippen molar-refractivity contribution < 1.29 is 9.90 Å². The molecule has 1 amide bonds. The molecule has 0 aliphatic rings. The first-order chi connectivity index (χ1) is 13.9. The quantitative estimate of drug-likeness (QED) is 0.601. The van der Waals surface area contributed by atoms with Crippen LogP contribution >= 0.6 is 0 Å². The monoisotopic (exact) mass is 392 g/mol. The van der Waals surface area contributed by atoms with E-state index in [4.69, 9.17) is 0 Å². The average Bonchev–Trinajstić information content (AvgIpc) is 2.70. The Morgan fingerprint density at radius 2 is 1.72 bits per heavy atom. The van der Waals surface area contributed by atoms with Crippen molar-refractivity contribution in [2.75, 3.05) is 46.6 Å². The standard InChI is InChI=1S/C23H28N4O2/c1-26(2)13-5-12-24-22-19-14-17(16-6-9-18(28)10-7-16)8-11-21(19)25-15-20(22)23(29)27(3)4/h6-11,14-15,28H,5,12-13H2,1-4H3,(H,24,25). The lowest BCUT2D eigenvalue weighted by molar-refractivity contribution is 0.0828. The second-order valence-electron chi connectivity index (χ2n) is 7.61. The largest absolute Gasteiger partial charge is 0.508 e. The Morgan fingerprint density at radius 1 is 1.03 bits per heavy atom. The lowest BCUT2D eigenvalue weighted by Gasteiger charge is -2.18. The fraction of sp³-hybridized carbons (Fsp3) is 0.304. The summed E-state index contributed by atoms with van der Waals surface area (Å²) in [6.45, 7) is 1.72. The van der Waals surface area contributed by atoms with E-state index in [2.05, 4.69) is 21.3 Å². The summed E-state index contributed by atoms with van der Waals surface area (Å²) >= 11 is 0. The zero-order valence-electron chi connectivity index (χ0n) is 17.4. The minimum atomic E-state index is -0.0791. The first kappa shape index (κ1) is 20.6. The number of benzene rings is 2. The number of phenols is 1. The number of aromatic hydroxyl groups is 1. The lowest BCUT2D eigenvalue weighted by atomic mass is 10.0. The number of pyridine rings is 1. The molecule has 6 nitrogen and oxygen atoms in total. The number of nitrogens with one attached hydrogen (secondary N) is 1. The topological polar surface area (TPSA) is 68.7 Å². The van der Waals surface area contributed by atoms with Crippen LogP contribution in [0.5, 0.6) is 5.75 Å². The van der Waals surface area contributed by atoms with Crippen LogP contribution in [0.15, 0.2) is 48.7 Å². The molecule has 152 valence electrons. The van der Waals surface area contributed by atoms with Crippen molar-refractivity contribution in [3.63, 3.8) is 0 Å². The zero-order chi connectivity index (χ0) is 21.0. The van der Waals surface area contributed by atoms with Gasteiger partial charge in [0.1, 0.15) is 5.75 Å². The van der Waals surface area contributed by atoms with Gasteiger partial charge in [0.25, 0.3) is 5.91 Å². The van der Waals surface area contributed by atoms with Crippen LogP contribution in [0.25, 0.3) is 22.0 Å². The molecule has 0 aliphatic carbocycles. The molecule has 1 heterocycles. The third-order valence-electron chi connectivity index (χ3n) is 4.79. The Balaban J connectivity index is 2.06. The van der Waals surface area contributed by atoms with Crippen LogP contribution in [-0.4, -0.2) is 67.1 Å². The SMILES string of the molecule is CN(C)CCCNc1c(C(=O)N(C)C)cnc2ccc(-c3ccc(O)cc3)cc12. The molecule has 1 aromatic heterocycles. The minimum Gasteiger partial charge on any atom is -0.508 e. The van der Waals surface area contributed by atoms with E-state index in [9.17, 15) is 9.90 Å². The molecule has 3 aromatic rings. The van der Waals surface area contributed by atoms with Crippen LogP contribution < -0.4 is 5.32 Å². The molecule has 0 bridgehead atoms. The molecular weight excluding hydrogens is 364 g/mol.